The predicted octanol–water partition coefficient (Wildman–Crippen LogP) is 2.56. The maximum absolute atomic E-state index is 13.0. The van der Waals surface area contributed by atoms with E-state index in [1.54, 1.807) is 12.3 Å². The fourth-order valence-electron chi connectivity index (χ4n) is 1.38. The van der Waals surface area contributed by atoms with Crippen molar-refractivity contribution in [2.75, 3.05) is 0 Å². The molecule has 0 saturated heterocycles. The number of rotatable bonds is 3. The molecule has 0 spiro atoms. The number of benzene rings is 1. The lowest BCUT2D eigenvalue weighted by molar-refractivity contribution is 0.590. The van der Waals surface area contributed by atoms with E-state index in [0.717, 1.165) is 11.8 Å². The molecule has 1 heterocycles. The van der Waals surface area contributed by atoms with Crippen molar-refractivity contribution in [2.45, 2.75) is 17.6 Å². The molecule has 0 amide bonds. The van der Waals surface area contributed by atoms with E-state index in [0.29, 0.717) is 5.01 Å². The molecule has 6 heteroatoms. The van der Waals surface area contributed by atoms with E-state index in [1.165, 1.54) is 29.5 Å². The van der Waals surface area contributed by atoms with Gasteiger partial charge in [-0.15, -0.1) is 11.3 Å². The van der Waals surface area contributed by atoms with Crippen LogP contribution in [-0.4, -0.2) is 13.4 Å². The van der Waals surface area contributed by atoms with E-state index in [9.17, 15) is 12.8 Å². The van der Waals surface area contributed by atoms with Gasteiger partial charge in [-0.1, -0.05) is 6.07 Å². The maximum atomic E-state index is 13.0. The van der Waals surface area contributed by atoms with Crippen LogP contribution in [-0.2, 0) is 15.6 Å². The average Bonchev–Trinajstić information content (AvgIpc) is 2.63. The Bertz CT molecular complexity index is 634. The second-order valence-electron chi connectivity index (χ2n) is 3.60. The molecule has 0 aliphatic heterocycles. The van der Waals surface area contributed by atoms with Crippen LogP contribution in [0.4, 0.5) is 4.39 Å². The van der Waals surface area contributed by atoms with Crippen molar-refractivity contribution < 1.29 is 12.8 Å². The first-order valence-corrected chi connectivity index (χ1v) is 7.40. The summed E-state index contributed by atoms with van der Waals surface area (Å²) in [7, 11) is -3.51. The van der Waals surface area contributed by atoms with Gasteiger partial charge in [0.15, 0.2) is 9.84 Å². The van der Waals surface area contributed by atoms with Gasteiger partial charge >= 0.3 is 0 Å². The Morgan fingerprint density at radius 1 is 1.41 bits per heavy atom. The number of nitrogens with zero attached hydrogens (tertiary/aromatic N) is 1. The van der Waals surface area contributed by atoms with Crippen LogP contribution < -0.4 is 0 Å². The highest BCUT2D eigenvalue weighted by Crippen LogP contribution is 2.19. The van der Waals surface area contributed by atoms with Gasteiger partial charge in [0.2, 0.25) is 0 Å². The molecule has 1 aromatic carbocycles. The van der Waals surface area contributed by atoms with Gasteiger partial charge in [0.25, 0.3) is 0 Å². The summed E-state index contributed by atoms with van der Waals surface area (Å²) in [5, 5.41) is 2.31. The molecular formula is C11H10FNO2S2. The van der Waals surface area contributed by atoms with Crippen LogP contribution in [0.5, 0.6) is 0 Å². The van der Waals surface area contributed by atoms with Gasteiger partial charge in [-0.3, -0.25) is 0 Å². The van der Waals surface area contributed by atoms with E-state index >= 15 is 0 Å². The van der Waals surface area contributed by atoms with Gasteiger partial charge in [-0.05, 0) is 25.1 Å². The molecule has 0 bridgehead atoms. The lowest BCUT2D eigenvalue weighted by Crippen LogP contribution is -2.05. The highest BCUT2D eigenvalue weighted by atomic mass is 32.2. The number of thiazole rings is 1. The first-order valence-electron chi connectivity index (χ1n) is 4.87. The zero-order valence-electron chi connectivity index (χ0n) is 9.05. The molecule has 3 nitrogen and oxygen atoms in total. The molecule has 0 atom stereocenters. The summed E-state index contributed by atoms with van der Waals surface area (Å²) < 4.78 is 36.9. The molecule has 17 heavy (non-hydrogen) atoms. The molecule has 0 aliphatic rings. The second kappa shape index (κ2) is 4.54. The summed E-state index contributed by atoms with van der Waals surface area (Å²) in [6.07, 6.45) is 0. The van der Waals surface area contributed by atoms with Gasteiger partial charge < -0.3 is 0 Å². The molecule has 0 aliphatic carbocycles. The van der Waals surface area contributed by atoms with E-state index < -0.39 is 15.7 Å². The van der Waals surface area contributed by atoms with E-state index in [1.807, 2.05) is 0 Å². The van der Waals surface area contributed by atoms with Crippen LogP contribution in [0.1, 0.15) is 10.7 Å². The third-order valence-electron chi connectivity index (χ3n) is 2.14. The van der Waals surface area contributed by atoms with Gasteiger partial charge in [0.05, 0.1) is 4.90 Å². The molecule has 0 unspecified atom stereocenters. The summed E-state index contributed by atoms with van der Waals surface area (Å²) in [4.78, 5) is 4.08. The lowest BCUT2D eigenvalue weighted by Gasteiger charge is -2.02. The minimum atomic E-state index is -3.51. The second-order valence-corrected chi connectivity index (χ2v) is 6.53. The molecule has 0 saturated carbocycles. The molecule has 0 radical (unpaired) electrons. The lowest BCUT2D eigenvalue weighted by atomic mass is 10.4. The van der Waals surface area contributed by atoms with Crippen LogP contribution in [0.2, 0.25) is 0 Å². The van der Waals surface area contributed by atoms with Crippen LogP contribution in [0.25, 0.3) is 0 Å². The predicted molar refractivity (Wildman–Crippen MR) is 64.1 cm³/mol. The van der Waals surface area contributed by atoms with Crippen molar-refractivity contribution in [2.24, 2.45) is 0 Å². The first kappa shape index (κ1) is 12.2. The molecule has 2 rings (SSSR count). The molecule has 2 aromatic rings. The van der Waals surface area contributed by atoms with Crippen LogP contribution in [0, 0.1) is 12.7 Å². The van der Waals surface area contributed by atoms with Gasteiger partial charge in [-0.2, -0.15) is 0 Å². The molecule has 0 fully saturated rings. The number of aryl methyl sites for hydroxylation is 1. The summed E-state index contributed by atoms with van der Waals surface area (Å²) in [5.41, 5.74) is 0.791. The Labute approximate surface area is 103 Å². The van der Waals surface area contributed by atoms with E-state index in [4.69, 9.17) is 0 Å². The van der Waals surface area contributed by atoms with Gasteiger partial charge in [0.1, 0.15) is 16.6 Å². The zero-order chi connectivity index (χ0) is 12.5. The summed E-state index contributed by atoms with van der Waals surface area (Å²) in [6, 6.07) is 5.01. The number of aromatic nitrogens is 1. The fraction of sp³-hybridized carbons (Fsp3) is 0.182. The van der Waals surface area contributed by atoms with Gasteiger partial charge in [-0.25, -0.2) is 17.8 Å². The normalized spacial score (nSPS) is 11.6. The van der Waals surface area contributed by atoms with E-state index in [-0.39, 0.29) is 10.6 Å². The van der Waals surface area contributed by atoms with Crippen molar-refractivity contribution in [3.8, 4) is 0 Å². The molecular weight excluding hydrogens is 261 g/mol. The first-order chi connectivity index (χ1) is 7.97. The molecule has 1 aromatic heterocycles. The Hall–Kier alpha value is -1.27. The van der Waals surface area contributed by atoms with Crippen LogP contribution in [0.3, 0.4) is 0 Å². The van der Waals surface area contributed by atoms with Crippen molar-refractivity contribution in [1.82, 2.24) is 4.98 Å². The number of hydrogen-bond acceptors (Lipinski definition) is 4. The number of hydrogen-bond donors (Lipinski definition) is 0. The summed E-state index contributed by atoms with van der Waals surface area (Å²) >= 11 is 1.29. The third-order valence-corrected chi connectivity index (χ3v) is 4.91. The highest BCUT2D eigenvalue weighted by molar-refractivity contribution is 7.90. The Balaban J connectivity index is 2.31. The monoisotopic (exact) mass is 271 g/mol. The van der Waals surface area contributed by atoms with Gasteiger partial charge in [0, 0.05) is 11.1 Å². The molecule has 0 N–H and O–H groups in total. The quantitative estimate of drug-likeness (QED) is 0.862. The smallest absolute Gasteiger partial charge is 0.185 e. The highest BCUT2D eigenvalue weighted by Gasteiger charge is 2.17. The SMILES string of the molecule is Cc1csc(CS(=O)(=O)c2cccc(F)c2)n1. The van der Waals surface area contributed by atoms with E-state index in [2.05, 4.69) is 4.98 Å². The largest absolute Gasteiger partial charge is 0.245 e. The van der Waals surface area contributed by atoms with Crippen molar-refractivity contribution >= 4 is 21.2 Å². The molecule has 90 valence electrons. The zero-order valence-corrected chi connectivity index (χ0v) is 10.7. The van der Waals surface area contributed by atoms with Crippen LogP contribution in [0.15, 0.2) is 34.5 Å². The Morgan fingerprint density at radius 3 is 2.76 bits per heavy atom. The Kier molecular flexibility index (Phi) is 3.26. The topological polar surface area (TPSA) is 47.0 Å². The Morgan fingerprint density at radius 2 is 2.18 bits per heavy atom. The fourth-order valence-corrected chi connectivity index (χ4v) is 3.80. The number of halogens is 1. The van der Waals surface area contributed by atoms with Crippen molar-refractivity contribution in [1.29, 1.82) is 0 Å². The summed E-state index contributed by atoms with van der Waals surface area (Å²) in [6.45, 7) is 1.80. The standard InChI is InChI=1S/C11H10FNO2S2/c1-8-6-16-11(13-8)7-17(14,15)10-4-2-3-9(12)5-10/h2-6H,7H2,1H3. The van der Waals surface area contributed by atoms with Crippen LogP contribution >= 0.6 is 11.3 Å². The maximum Gasteiger partial charge on any atom is 0.185 e. The number of sulfone groups is 1. The van der Waals surface area contributed by atoms with Crippen molar-refractivity contribution in [3.63, 3.8) is 0 Å². The average molecular weight is 271 g/mol. The third kappa shape index (κ3) is 2.89. The minimum absolute atomic E-state index is 0.00893. The van der Waals surface area contributed by atoms with Crippen molar-refractivity contribution in [3.05, 3.63) is 46.2 Å². The summed E-state index contributed by atoms with van der Waals surface area (Å²) in [5.74, 6) is -0.740. The minimum Gasteiger partial charge on any atom is -0.245 e.